The van der Waals surface area contributed by atoms with E-state index in [0.29, 0.717) is 67.1 Å². The molecule has 0 saturated carbocycles. The number of pyridine rings is 1. The number of nitrogens with zero attached hydrogens (tertiary/aromatic N) is 8. The molecule has 4 heterocycles. The first-order chi connectivity index (χ1) is 18.9. The number of anilines is 3. The number of imidazole rings is 1. The first kappa shape index (κ1) is 26.4. The fourth-order valence-corrected chi connectivity index (χ4v) is 4.28. The third kappa shape index (κ3) is 5.52. The summed E-state index contributed by atoms with van der Waals surface area (Å²) in [6.45, 7) is 3.40. The summed E-state index contributed by atoms with van der Waals surface area (Å²) >= 11 is 0. The van der Waals surface area contributed by atoms with E-state index in [1.807, 2.05) is 23.9 Å². The molecule has 0 bridgehead atoms. The van der Waals surface area contributed by atoms with Crippen molar-refractivity contribution in [3.05, 3.63) is 36.3 Å². The third-order valence-electron chi connectivity index (χ3n) is 6.20. The lowest BCUT2D eigenvalue weighted by Gasteiger charge is -2.27. The predicted molar refractivity (Wildman–Crippen MR) is 144 cm³/mol. The molecule has 1 saturated heterocycles. The van der Waals surface area contributed by atoms with Gasteiger partial charge in [-0.2, -0.15) is 15.0 Å². The Morgan fingerprint density at radius 1 is 1.13 bits per heavy atom. The summed E-state index contributed by atoms with van der Waals surface area (Å²) in [7, 11) is 5.40. The van der Waals surface area contributed by atoms with E-state index in [1.165, 1.54) is 17.9 Å². The van der Waals surface area contributed by atoms with Crippen LogP contribution in [0.15, 0.2) is 30.5 Å². The summed E-state index contributed by atoms with van der Waals surface area (Å²) in [5.74, 6) is 0.929. The summed E-state index contributed by atoms with van der Waals surface area (Å²) in [6.07, 6.45) is -1.36. The van der Waals surface area contributed by atoms with Gasteiger partial charge in [0, 0.05) is 26.2 Å². The van der Waals surface area contributed by atoms with E-state index in [4.69, 9.17) is 20.2 Å². The van der Waals surface area contributed by atoms with Crippen molar-refractivity contribution in [2.24, 2.45) is 0 Å². The van der Waals surface area contributed by atoms with Gasteiger partial charge in [-0.05, 0) is 32.3 Å². The molecule has 1 fully saturated rings. The van der Waals surface area contributed by atoms with Gasteiger partial charge in [0.05, 0.1) is 43.3 Å². The van der Waals surface area contributed by atoms with Gasteiger partial charge in [-0.1, -0.05) is 6.07 Å². The van der Waals surface area contributed by atoms with E-state index in [-0.39, 0.29) is 17.3 Å². The van der Waals surface area contributed by atoms with Gasteiger partial charge in [-0.25, -0.2) is 18.7 Å². The van der Waals surface area contributed by atoms with Crippen LogP contribution in [0.1, 0.15) is 12.2 Å². The summed E-state index contributed by atoms with van der Waals surface area (Å²) in [5.41, 5.74) is 7.69. The second-order valence-corrected chi connectivity index (χ2v) is 9.19. The minimum atomic E-state index is -2.90. The van der Waals surface area contributed by atoms with Crippen LogP contribution in [0.25, 0.3) is 28.4 Å². The van der Waals surface area contributed by atoms with E-state index >= 15 is 0 Å². The Labute approximate surface area is 223 Å². The summed E-state index contributed by atoms with van der Waals surface area (Å²) in [6, 6.07) is 6.74. The van der Waals surface area contributed by atoms with Crippen LogP contribution in [0, 0.1) is 0 Å². The predicted octanol–water partition coefficient (Wildman–Crippen LogP) is 2.61. The number of nitrogens with one attached hydrogen (secondary N) is 1. The maximum Gasteiger partial charge on any atom is 0.296 e. The SMILES string of the molecule is COc1cccc2c1nc(C(F)F)n2-c1nc(-c2cc(N)cnc2NCCN(C)C)nc(N2CCOCC2)n1. The monoisotopic (exact) mass is 540 g/mol. The van der Waals surface area contributed by atoms with Crippen molar-refractivity contribution in [3.63, 3.8) is 0 Å². The number of aromatic nitrogens is 6. The van der Waals surface area contributed by atoms with Gasteiger partial charge in [0.2, 0.25) is 11.9 Å². The second kappa shape index (κ2) is 11.3. The maximum atomic E-state index is 14.3. The van der Waals surface area contributed by atoms with Crippen molar-refractivity contribution in [2.75, 3.05) is 76.5 Å². The minimum absolute atomic E-state index is 0.00536. The standard InChI is InChI=1S/C25H30F2N10O2/c1-35(2)8-7-29-21-16(13-15(28)14-30-21)22-32-24(36-9-11-39-12-10-36)34-25(33-22)37-17-5-4-6-18(38-3)19(17)31-23(37)20(26)27/h4-6,13-14,20H,7-12,28H2,1-3H3,(H,29,30). The Balaban J connectivity index is 1.71. The van der Waals surface area contributed by atoms with Crippen molar-refractivity contribution in [1.29, 1.82) is 0 Å². The molecule has 0 amide bonds. The number of nitrogens with two attached hydrogens (primary N) is 1. The molecule has 3 N–H and O–H groups in total. The van der Waals surface area contributed by atoms with E-state index in [1.54, 1.807) is 24.3 Å². The highest BCUT2D eigenvalue weighted by Crippen LogP contribution is 2.33. The van der Waals surface area contributed by atoms with Crippen LogP contribution in [0.2, 0.25) is 0 Å². The highest BCUT2D eigenvalue weighted by Gasteiger charge is 2.26. The molecule has 0 unspecified atom stereocenters. The smallest absolute Gasteiger partial charge is 0.296 e. The molecular formula is C25H30F2N10O2. The van der Waals surface area contributed by atoms with Crippen molar-refractivity contribution in [1.82, 2.24) is 34.4 Å². The first-order valence-electron chi connectivity index (χ1n) is 12.4. The van der Waals surface area contributed by atoms with Gasteiger partial charge in [0.25, 0.3) is 6.43 Å². The molecule has 4 aromatic rings. The zero-order valence-electron chi connectivity index (χ0n) is 21.9. The van der Waals surface area contributed by atoms with Crippen LogP contribution >= 0.6 is 0 Å². The van der Waals surface area contributed by atoms with Gasteiger partial charge in [-0.15, -0.1) is 0 Å². The number of hydrogen-bond acceptors (Lipinski definition) is 11. The minimum Gasteiger partial charge on any atom is -0.494 e. The van der Waals surface area contributed by atoms with Crippen LogP contribution < -0.4 is 20.7 Å². The molecule has 12 nitrogen and oxygen atoms in total. The molecule has 0 spiro atoms. The van der Waals surface area contributed by atoms with Gasteiger partial charge in [-0.3, -0.25) is 4.57 Å². The van der Waals surface area contributed by atoms with Gasteiger partial charge in [0.1, 0.15) is 17.1 Å². The zero-order valence-corrected chi connectivity index (χ0v) is 21.9. The quantitative estimate of drug-likeness (QED) is 0.325. The van der Waals surface area contributed by atoms with E-state index in [0.717, 1.165) is 6.54 Å². The molecule has 206 valence electrons. The molecule has 0 aliphatic carbocycles. The highest BCUT2D eigenvalue weighted by atomic mass is 19.3. The number of nitrogen functional groups attached to an aromatic ring is 1. The van der Waals surface area contributed by atoms with Crippen molar-refractivity contribution in [2.45, 2.75) is 6.43 Å². The van der Waals surface area contributed by atoms with Crippen LogP contribution in [-0.4, -0.2) is 95.0 Å². The Kier molecular flexibility index (Phi) is 7.65. The van der Waals surface area contributed by atoms with Crippen molar-refractivity contribution < 1.29 is 18.3 Å². The first-order valence-corrected chi connectivity index (χ1v) is 12.4. The topological polar surface area (TPSA) is 132 Å². The molecule has 0 radical (unpaired) electrons. The number of morpholine rings is 1. The van der Waals surface area contributed by atoms with Crippen molar-refractivity contribution in [3.8, 4) is 23.1 Å². The Hall–Kier alpha value is -4.17. The maximum absolute atomic E-state index is 14.3. The van der Waals surface area contributed by atoms with Crippen LogP contribution in [0.3, 0.4) is 0 Å². The van der Waals surface area contributed by atoms with Gasteiger partial charge in [0.15, 0.2) is 11.6 Å². The number of benzene rings is 1. The second-order valence-electron chi connectivity index (χ2n) is 9.19. The summed E-state index contributed by atoms with van der Waals surface area (Å²) < 4.78 is 40.8. The van der Waals surface area contributed by atoms with Gasteiger partial charge >= 0.3 is 0 Å². The lowest BCUT2D eigenvalue weighted by Crippen LogP contribution is -2.37. The zero-order chi connectivity index (χ0) is 27.5. The molecule has 39 heavy (non-hydrogen) atoms. The number of methoxy groups -OCH3 is 1. The average molecular weight is 541 g/mol. The molecule has 1 aromatic carbocycles. The summed E-state index contributed by atoms with van der Waals surface area (Å²) in [4.78, 5) is 26.6. The molecule has 0 atom stereocenters. The summed E-state index contributed by atoms with van der Waals surface area (Å²) in [5, 5.41) is 3.30. The number of ether oxygens (including phenoxy) is 2. The van der Waals surface area contributed by atoms with E-state index in [2.05, 4.69) is 25.3 Å². The van der Waals surface area contributed by atoms with Crippen LogP contribution in [0.5, 0.6) is 5.75 Å². The number of hydrogen-bond donors (Lipinski definition) is 2. The lowest BCUT2D eigenvalue weighted by molar-refractivity contribution is 0.122. The van der Waals surface area contributed by atoms with E-state index in [9.17, 15) is 8.78 Å². The van der Waals surface area contributed by atoms with Crippen LogP contribution in [0.4, 0.5) is 26.2 Å². The number of rotatable bonds is 9. The van der Waals surface area contributed by atoms with E-state index < -0.39 is 12.2 Å². The van der Waals surface area contributed by atoms with Crippen molar-refractivity contribution >= 4 is 28.5 Å². The average Bonchev–Trinajstić information content (AvgIpc) is 3.34. The number of para-hydroxylation sites is 1. The number of alkyl halides is 2. The largest absolute Gasteiger partial charge is 0.494 e. The fourth-order valence-electron chi connectivity index (χ4n) is 4.28. The number of halogens is 2. The molecule has 14 heteroatoms. The van der Waals surface area contributed by atoms with Crippen LogP contribution in [-0.2, 0) is 4.74 Å². The Morgan fingerprint density at radius 3 is 2.62 bits per heavy atom. The number of likely N-dealkylation sites (N-methyl/N-ethyl adjacent to an activating group) is 1. The normalized spacial score (nSPS) is 14.0. The lowest BCUT2D eigenvalue weighted by atomic mass is 10.2. The Morgan fingerprint density at radius 2 is 1.90 bits per heavy atom. The molecule has 1 aliphatic rings. The third-order valence-corrected chi connectivity index (χ3v) is 6.20. The molecular weight excluding hydrogens is 510 g/mol. The number of fused-ring (bicyclic) bond motifs is 1. The highest BCUT2D eigenvalue weighted by molar-refractivity contribution is 5.84. The molecule has 1 aliphatic heterocycles. The van der Waals surface area contributed by atoms with Gasteiger partial charge < -0.3 is 30.3 Å². The Bertz CT molecular complexity index is 1460. The molecule has 5 rings (SSSR count). The molecule has 3 aromatic heterocycles. The fraction of sp³-hybridized carbons (Fsp3) is 0.400.